The largest absolute Gasteiger partial charge is 0.199 e. The second kappa shape index (κ2) is 24.5. The standard InChI is InChI=1S/C15H28.C11H18.C2H3N/c1-5-8-9-10-11-12-13-15(7-3)14(4)6-2;1-2-3-5-8-11-9-6-4-7-10-11;1-2-3/h5,11-12,14-15H,1,6-10,13H2,2-4H3;6,9-10H,2-5,7-8H2,1H3;1H3/b12-11-;;. The molecule has 0 N–H and O–H groups in total. The predicted molar refractivity (Wildman–Crippen MR) is 133 cm³/mol. The Bertz CT molecular complexity index is 475. The van der Waals surface area contributed by atoms with Crippen molar-refractivity contribution in [3.8, 4) is 6.07 Å². The third-order valence-corrected chi connectivity index (χ3v) is 5.50. The van der Waals surface area contributed by atoms with Crippen molar-refractivity contribution in [2.45, 2.75) is 112 Å². The average molecular weight is 400 g/mol. The second-order valence-corrected chi connectivity index (χ2v) is 7.92. The van der Waals surface area contributed by atoms with Crippen LogP contribution in [0.15, 0.2) is 48.6 Å². The van der Waals surface area contributed by atoms with Crippen LogP contribution < -0.4 is 0 Å². The highest BCUT2D eigenvalue weighted by Gasteiger charge is 2.11. The van der Waals surface area contributed by atoms with Gasteiger partial charge < -0.3 is 0 Å². The Balaban J connectivity index is 0. The Morgan fingerprint density at radius 2 is 1.79 bits per heavy atom. The fourth-order valence-corrected chi connectivity index (χ4v) is 3.34. The number of allylic oxidation sites excluding steroid dienone is 7. The Hall–Kier alpha value is -1.55. The SMILES string of the molecule is C=CCCC/C=C\CC(CC)C(C)CC.CC#N.CCCCCC1=CCCC=C1. The van der Waals surface area contributed by atoms with Gasteiger partial charge in [-0.25, -0.2) is 0 Å². The molecule has 0 saturated carbocycles. The molecule has 1 aliphatic carbocycles. The maximum Gasteiger partial charge on any atom is 0.0587 e. The molecule has 0 aliphatic heterocycles. The van der Waals surface area contributed by atoms with Crippen LogP contribution >= 0.6 is 0 Å². The highest BCUT2D eigenvalue weighted by Crippen LogP contribution is 2.22. The van der Waals surface area contributed by atoms with Crippen LogP contribution in [0.4, 0.5) is 0 Å². The van der Waals surface area contributed by atoms with E-state index < -0.39 is 0 Å². The van der Waals surface area contributed by atoms with Gasteiger partial charge in [0.2, 0.25) is 0 Å². The van der Waals surface area contributed by atoms with Gasteiger partial charge in [0.05, 0.1) is 6.07 Å². The molecule has 2 atom stereocenters. The number of hydrogen-bond acceptors (Lipinski definition) is 1. The van der Waals surface area contributed by atoms with Crippen LogP contribution in [0.2, 0.25) is 0 Å². The maximum atomic E-state index is 7.32. The highest BCUT2D eigenvalue weighted by molar-refractivity contribution is 5.21. The van der Waals surface area contributed by atoms with Crippen LogP contribution in [0, 0.1) is 23.2 Å². The minimum Gasteiger partial charge on any atom is -0.199 e. The fraction of sp³-hybridized carbons (Fsp3) is 0.679. The van der Waals surface area contributed by atoms with E-state index in [9.17, 15) is 0 Å². The van der Waals surface area contributed by atoms with Gasteiger partial charge in [-0.2, -0.15) is 5.26 Å². The van der Waals surface area contributed by atoms with E-state index >= 15 is 0 Å². The van der Waals surface area contributed by atoms with E-state index in [1.165, 1.54) is 77.6 Å². The zero-order chi connectivity index (χ0) is 22.2. The molecule has 1 aliphatic rings. The Kier molecular flexibility index (Phi) is 25.0. The second-order valence-electron chi connectivity index (χ2n) is 7.92. The molecule has 0 bridgehead atoms. The van der Waals surface area contributed by atoms with Crippen LogP contribution in [0.1, 0.15) is 112 Å². The first-order valence-electron chi connectivity index (χ1n) is 12.0. The molecule has 166 valence electrons. The van der Waals surface area contributed by atoms with Crippen LogP contribution in [0.5, 0.6) is 0 Å². The van der Waals surface area contributed by atoms with Crippen molar-refractivity contribution in [1.82, 2.24) is 0 Å². The number of nitriles is 1. The molecular weight excluding hydrogens is 350 g/mol. The highest BCUT2D eigenvalue weighted by atomic mass is 14.2. The average Bonchev–Trinajstić information content (AvgIpc) is 2.75. The normalized spacial score (nSPS) is 14.6. The van der Waals surface area contributed by atoms with Gasteiger partial charge in [0.1, 0.15) is 0 Å². The smallest absolute Gasteiger partial charge is 0.0587 e. The van der Waals surface area contributed by atoms with Gasteiger partial charge in [0.15, 0.2) is 0 Å². The summed E-state index contributed by atoms with van der Waals surface area (Å²) in [5.74, 6) is 1.75. The summed E-state index contributed by atoms with van der Waals surface area (Å²) in [6.07, 6.45) is 29.1. The summed E-state index contributed by atoms with van der Waals surface area (Å²) in [5.41, 5.74) is 1.56. The summed E-state index contributed by atoms with van der Waals surface area (Å²) in [6, 6.07) is 1.75. The zero-order valence-electron chi connectivity index (χ0n) is 20.3. The molecule has 1 rings (SSSR count). The van der Waals surface area contributed by atoms with Crippen molar-refractivity contribution in [2.24, 2.45) is 11.8 Å². The van der Waals surface area contributed by atoms with E-state index in [2.05, 4.69) is 64.7 Å². The van der Waals surface area contributed by atoms with Gasteiger partial charge in [-0.1, -0.05) is 95.4 Å². The molecule has 0 amide bonds. The van der Waals surface area contributed by atoms with Crippen LogP contribution in [0.3, 0.4) is 0 Å². The molecule has 0 radical (unpaired) electrons. The van der Waals surface area contributed by atoms with Gasteiger partial charge in [-0.15, -0.1) is 6.58 Å². The predicted octanol–water partition coefficient (Wildman–Crippen LogP) is 9.73. The van der Waals surface area contributed by atoms with Crippen molar-refractivity contribution in [2.75, 3.05) is 0 Å². The third kappa shape index (κ3) is 21.0. The topological polar surface area (TPSA) is 23.8 Å². The van der Waals surface area contributed by atoms with Crippen molar-refractivity contribution in [3.05, 3.63) is 48.6 Å². The first-order valence-corrected chi connectivity index (χ1v) is 12.0. The quantitative estimate of drug-likeness (QED) is 0.223. The van der Waals surface area contributed by atoms with Crippen molar-refractivity contribution in [3.63, 3.8) is 0 Å². The summed E-state index contributed by atoms with van der Waals surface area (Å²) in [5, 5.41) is 7.32. The fourth-order valence-electron chi connectivity index (χ4n) is 3.34. The molecule has 0 spiro atoms. The Morgan fingerprint density at radius 1 is 1.07 bits per heavy atom. The molecule has 0 heterocycles. The Labute approximate surface area is 183 Å². The molecule has 2 unspecified atom stereocenters. The van der Waals surface area contributed by atoms with E-state index in [1.807, 2.05) is 6.08 Å². The molecule has 0 aromatic rings. The molecule has 1 nitrogen and oxygen atoms in total. The number of nitrogens with zero attached hydrogens (tertiary/aromatic N) is 1. The summed E-state index contributed by atoms with van der Waals surface area (Å²) in [6.45, 7) is 14.4. The van der Waals surface area contributed by atoms with Crippen LogP contribution in [-0.2, 0) is 0 Å². The molecule has 29 heavy (non-hydrogen) atoms. The minimum atomic E-state index is 0.868. The van der Waals surface area contributed by atoms with Crippen molar-refractivity contribution < 1.29 is 0 Å². The molecular formula is C28H49N. The first-order chi connectivity index (χ1) is 14.1. The van der Waals surface area contributed by atoms with Gasteiger partial charge in [-0.05, 0) is 63.2 Å². The summed E-state index contributed by atoms with van der Waals surface area (Å²) >= 11 is 0. The molecule has 0 saturated heterocycles. The van der Waals surface area contributed by atoms with Gasteiger partial charge in [-0.3, -0.25) is 0 Å². The molecule has 1 heteroatoms. The maximum absolute atomic E-state index is 7.32. The van der Waals surface area contributed by atoms with Crippen LogP contribution in [-0.4, -0.2) is 0 Å². The number of hydrogen-bond donors (Lipinski definition) is 0. The molecule has 0 aromatic heterocycles. The van der Waals surface area contributed by atoms with Gasteiger partial charge in [0, 0.05) is 6.92 Å². The summed E-state index contributed by atoms with van der Waals surface area (Å²) < 4.78 is 0. The third-order valence-electron chi connectivity index (χ3n) is 5.50. The lowest BCUT2D eigenvalue weighted by Gasteiger charge is -2.19. The van der Waals surface area contributed by atoms with E-state index in [1.54, 1.807) is 11.6 Å². The molecule has 0 fully saturated rings. The van der Waals surface area contributed by atoms with Gasteiger partial charge in [0.25, 0.3) is 0 Å². The zero-order valence-corrected chi connectivity index (χ0v) is 20.3. The first kappa shape index (κ1) is 29.6. The summed E-state index contributed by atoms with van der Waals surface area (Å²) in [7, 11) is 0. The lowest BCUT2D eigenvalue weighted by molar-refractivity contribution is 0.341. The van der Waals surface area contributed by atoms with E-state index in [0.717, 1.165) is 18.3 Å². The van der Waals surface area contributed by atoms with Gasteiger partial charge >= 0.3 is 0 Å². The number of rotatable bonds is 13. The van der Waals surface area contributed by atoms with E-state index in [0.29, 0.717) is 0 Å². The van der Waals surface area contributed by atoms with E-state index in [-0.39, 0.29) is 0 Å². The summed E-state index contributed by atoms with van der Waals surface area (Å²) in [4.78, 5) is 0. The van der Waals surface area contributed by atoms with Crippen LogP contribution in [0.25, 0.3) is 0 Å². The molecule has 0 aromatic carbocycles. The van der Waals surface area contributed by atoms with Crippen molar-refractivity contribution in [1.29, 1.82) is 5.26 Å². The van der Waals surface area contributed by atoms with Crippen molar-refractivity contribution >= 4 is 0 Å². The lowest BCUT2D eigenvalue weighted by atomic mass is 9.87. The number of unbranched alkanes of at least 4 members (excludes halogenated alkanes) is 4. The monoisotopic (exact) mass is 399 g/mol. The minimum absolute atomic E-state index is 0.868. The Morgan fingerprint density at radius 3 is 2.31 bits per heavy atom. The van der Waals surface area contributed by atoms with E-state index in [4.69, 9.17) is 5.26 Å². The lowest BCUT2D eigenvalue weighted by Crippen LogP contribution is -2.08.